The van der Waals surface area contributed by atoms with Crippen molar-refractivity contribution < 1.29 is 4.79 Å². The molecule has 1 saturated carbocycles. The molecule has 1 aromatic carbocycles. The number of halogens is 1. The van der Waals surface area contributed by atoms with Crippen LogP contribution in [0.1, 0.15) is 23.5 Å². The molecule has 0 radical (unpaired) electrons. The molecular weight excluding hydrogens is 391 g/mol. The molecular formula is C16H11IN4O. The minimum Gasteiger partial charge on any atom is -0.310 e. The number of hydrogen-bond acceptors (Lipinski definition) is 3. The molecule has 1 aliphatic carbocycles. The highest BCUT2D eigenvalue weighted by molar-refractivity contribution is 14.1. The molecule has 6 heteroatoms. The maximum atomic E-state index is 12.5. The Labute approximate surface area is 139 Å². The zero-order valence-electron chi connectivity index (χ0n) is 11.4. The van der Waals surface area contributed by atoms with Crippen LogP contribution in [-0.4, -0.2) is 21.1 Å². The van der Waals surface area contributed by atoms with E-state index in [1.807, 2.05) is 12.1 Å². The van der Waals surface area contributed by atoms with Crippen LogP contribution in [0.3, 0.4) is 0 Å². The number of fused-ring (bicyclic) bond motifs is 3. The SMILES string of the molecule is O=C1Nc2ncccc2C12CC2c1ccc2c(I)[nH]nc2c1. The minimum atomic E-state index is -0.430. The van der Waals surface area contributed by atoms with Gasteiger partial charge in [0.15, 0.2) is 0 Å². The molecule has 2 atom stereocenters. The molecule has 1 spiro atoms. The van der Waals surface area contributed by atoms with Crippen molar-refractivity contribution in [3.05, 3.63) is 51.4 Å². The number of pyridine rings is 1. The van der Waals surface area contributed by atoms with Crippen LogP contribution in [0.4, 0.5) is 5.82 Å². The van der Waals surface area contributed by atoms with E-state index in [2.05, 4.69) is 61.3 Å². The normalized spacial score (nSPS) is 25.5. The monoisotopic (exact) mass is 402 g/mol. The zero-order valence-corrected chi connectivity index (χ0v) is 13.6. The molecule has 2 N–H and O–H groups in total. The Morgan fingerprint density at radius 1 is 1.32 bits per heavy atom. The van der Waals surface area contributed by atoms with Gasteiger partial charge in [-0.15, -0.1) is 0 Å². The number of hydrogen-bond donors (Lipinski definition) is 2. The fourth-order valence-electron chi connectivity index (χ4n) is 3.63. The quantitative estimate of drug-likeness (QED) is 0.615. The number of aromatic amines is 1. The smallest absolute Gasteiger partial charge is 0.236 e. The Bertz CT molecular complexity index is 950. The summed E-state index contributed by atoms with van der Waals surface area (Å²) in [6.45, 7) is 0. The summed E-state index contributed by atoms with van der Waals surface area (Å²) >= 11 is 2.24. The Morgan fingerprint density at radius 2 is 2.23 bits per heavy atom. The third-order valence-electron chi connectivity index (χ3n) is 4.82. The highest BCUT2D eigenvalue weighted by Gasteiger charge is 2.65. The Balaban J connectivity index is 1.62. The molecule has 108 valence electrons. The van der Waals surface area contributed by atoms with Crippen LogP contribution in [0, 0.1) is 3.70 Å². The van der Waals surface area contributed by atoms with Crippen molar-refractivity contribution in [2.75, 3.05) is 5.32 Å². The summed E-state index contributed by atoms with van der Waals surface area (Å²) < 4.78 is 1.04. The van der Waals surface area contributed by atoms with Crippen molar-refractivity contribution in [3.8, 4) is 0 Å². The Kier molecular flexibility index (Phi) is 2.32. The second kappa shape index (κ2) is 4.07. The van der Waals surface area contributed by atoms with Gasteiger partial charge in [-0.1, -0.05) is 12.1 Å². The summed E-state index contributed by atoms with van der Waals surface area (Å²) in [6.07, 6.45) is 2.55. The van der Waals surface area contributed by atoms with Gasteiger partial charge < -0.3 is 5.32 Å². The lowest BCUT2D eigenvalue weighted by Gasteiger charge is -2.08. The fraction of sp³-hybridized carbons (Fsp3) is 0.188. The molecule has 22 heavy (non-hydrogen) atoms. The second-order valence-corrected chi connectivity index (χ2v) is 6.97. The van der Waals surface area contributed by atoms with Gasteiger partial charge >= 0.3 is 0 Å². The van der Waals surface area contributed by atoms with Crippen LogP contribution in [0.2, 0.25) is 0 Å². The lowest BCUT2D eigenvalue weighted by molar-refractivity contribution is -0.118. The van der Waals surface area contributed by atoms with Gasteiger partial charge in [-0.3, -0.25) is 9.89 Å². The van der Waals surface area contributed by atoms with E-state index < -0.39 is 5.41 Å². The predicted molar refractivity (Wildman–Crippen MR) is 90.7 cm³/mol. The maximum Gasteiger partial charge on any atom is 0.236 e. The highest BCUT2D eigenvalue weighted by atomic mass is 127. The summed E-state index contributed by atoms with van der Waals surface area (Å²) in [4.78, 5) is 16.8. The second-order valence-electron chi connectivity index (χ2n) is 5.90. The van der Waals surface area contributed by atoms with Gasteiger partial charge in [0.2, 0.25) is 5.91 Å². The van der Waals surface area contributed by atoms with Crippen molar-refractivity contribution >= 4 is 45.2 Å². The van der Waals surface area contributed by atoms with Gasteiger partial charge in [0, 0.05) is 23.1 Å². The number of rotatable bonds is 1. The number of nitrogens with zero attached hydrogens (tertiary/aromatic N) is 2. The van der Waals surface area contributed by atoms with Crippen LogP contribution >= 0.6 is 22.6 Å². The van der Waals surface area contributed by atoms with Gasteiger partial charge in [-0.2, -0.15) is 5.10 Å². The number of benzene rings is 1. The Morgan fingerprint density at radius 3 is 3.14 bits per heavy atom. The van der Waals surface area contributed by atoms with Gasteiger partial charge in [-0.25, -0.2) is 4.98 Å². The Hall–Kier alpha value is -1.96. The first kappa shape index (κ1) is 12.6. The highest BCUT2D eigenvalue weighted by Crippen LogP contribution is 2.64. The average Bonchev–Trinajstić information content (AvgIpc) is 3.10. The van der Waals surface area contributed by atoms with Crippen LogP contribution in [0.5, 0.6) is 0 Å². The molecule has 3 aromatic rings. The van der Waals surface area contributed by atoms with Crippen LogP contribution in [0.25, 0.3) is 10.9 Å². The van der Waals surface area contributed by atoms with E-state index in [-0.39, 0.29) is 11.8 Å². The molecule has 5 rings (SSSR count). The van der Waals surface area contributed by atoms with Crippen molar-refractivity contribution in [2.24, 2.45) is 0 Å². The molecule has 3 heterocycles. The maximum absolute atomic E-state index is 12.5. The lowest BCUT2D eigenvalue weighted by atomic mass is 9.93. The van der Waals surface area contributed by atoms with E-state index in [0.717, 1.165) is 26.6 Å². The number of nitrogens with one attached hydrogen (secondary N) is 2. The van der Waals surface area contributed by atoms with Gasteiger partial charge in [0.1, 0.15) is 9.52 Å². The first-order chi connectivity index (χ1) is 10.7. The largest absolute Gasteiger partial charge is 0.310 e. The summed E-state index contributed by atoms with van der Waals surface area (Å²) in [6, 6.07) is 10.2. The molecule has 2 aromatic heterocycles. The van der Waals surface area contributed by atoms with Crippen molar-refractivity contribution in [3.63, 3.8) is 0 Å². The number of carbonyl (C=O) groups is 1. The first-order valence-electron chi connectivity index (χ1n) is 7.10. The van der Waals surface area contributed by atoms with E-state index in [1.165, 1.54) is 5.56 Å². The van der Waals surface area contributed by atoms with E-state index in [4.69, 9.17) is 0 Å². The number of carbonyl (C=O) groups excluding carboxylic acids is 1. The lowest BCUT2D eigenvalue weighted by Crippen LogP contribution is -2.20. The van der Waals surface area contributed by atoms with Gasteiger partial charge in [-0.05, 0) is 52.8 Å². The summed E-state index contributed by atoms with van der Waals surface area (Å²) in [7, 11) is 0. The van der Waals surface area contributed by atoms with E-state index in [0.29, 0.717) is 5.82 Å². The molecule has 2 unspecified atom stereocenters. The third kappa shape index (κ3) is 1.45. The molecule has 2 aliphatic rings. The molecule has 1 aliphatic heterocycles. The summed E-state index contributed by atoms with van der Waals surface area (Å²) in [5.74, 6) is 0.991. The van der Waals surface area contributed by atoms with E-state index in [1.54, 1.807) is 6.20 Å². The molecule has 5 nitrogen and oxygen atoms in total. The van der Waals surface area contributed by atoms with Crippen LogP contribution in [-0.2, 0) is 10.2 Å². The standard InChI is InChI=1S/C16H11IN4O/c17-13-9-4-3-8(6-12(9)20-21-13)11-7-16(11)10-2-1-5-18-14(10)19-15(16)22/h1-6,11H,7H2,(H,20,21)(H,18,19,22). The fourth-order valence-corrected chi connectivity index (χ4v) is 4.21. The van der Waals surface area contributed by atoms with Crippen LogP contribution in [0.15, 0.2) is 36.5 Å². The van der Waals surface area contributed by atoms with Crippen molar-refractivity contribution in [1.82, 2.24) is 15.2 Å². The number of amides is 1. The van der Waals surface area contributed by atoms with Crippen molar-refractivity contribution in [2.45, 2.75) is 17.8 Å². The number of aromatic nitrogens is 3. The molecule has 0 bridgehead atoms. The summed E-state index contributed by atoms with van der Waals surface area (Å²) in [5.41, 5.74) is 2.72. The van der Waals surface area contributed by atoms with E-state index in [9.17, 15) is 4.79 Å². The summed E-state index contributed by atoms with van der Waals surface area (Å²) in [5, 5.41) is 11.4. The van der Waals surface area contributed by atoms with Gasteiger partial charge in [0.25, 0.3) is 0 Å². The van der Waals surface area contributed by atoms with E-state index >= 15 is 0 Å². The molecule has 1 amide bonds. The third-order valence-corrected chi connectivity index (χ3v) is 5.64. The number of anilines is 1. The van der Waals surface area contributed by atoms with Gasteiger partial charge in [0.05, 0.1) is 10.9 Å². The minimum absolute atomic E-state index is 0.0721. The molecule has 1 fully saturated rings. The molecule has 0 saturated heterocycles. The zero-order chi connectivity index (χ0) is 14.9. The predicted octanol–water partition coefficient (Wildman–Crippen LogP) is 2.94. The average molecular weight is 402 g/mol. The topological polar surface area (TPSA) is 70.7 Å². The number of H-pyrrole nitrogens is 1. The first-order valence-corrected chi connectivity index (χ1v) is 8.18. The van der Waals surface area contributed by atoms with Crippen molar-refractivity contribution in [1.29, 1.82) is 0 Å². The van der Waals surface area contributed by atoms with Crippen LogP contribution < -0.4 is 5.32 Å².